The van der Waals surface area contributed by atoms with Crippen molar-refractivity contribution in [3.8, 4) is 5.75 Å². The summed E-state index contributed by atoms with van der Waals surface area (Å²) >= 11 is 0. The van der Waals surface area contributed by atoms with E-state index in [2.05, 4.69) is 0 Å². The first kappa shape index (κ1) is 15.0. The molecule has 2 aromatic rings. The Morgan fingerprint density at radius 1 is 1.22 bits per heavy atom. The number of carboxylic acid groups (broad SMARTS) is 1. The Morgan fingerprint density at radius 3 is 2.57 bits per heavy atom. The number of benzene rings is 2. The highest BCUT2D eigenvalue weighted by atomic mass is 19.1. The molecule has 0 spiro atoms. The number of hydrogen-bond donors (Lipinski definition) is 1. The summed E-state index contributed by atoms with van der Waals surface area (Å²) in [5, 5.41) is 9.39. The van der Waals surface area contributed by atoms with E-state index < -0.39 is 23.3 Å². The van der Waals surface area contributed by atoms with E-state index in [4.69, 9.17) is 4.74 Å². The van der Waals surface area contributed by atoms with Crippen molar-refractivity contribution in [2.75, 3.05) is 4.90 Å². The Balaban J connectivity index is 2.08. The number of halogens is 1. The molecule has 6 heteroatoms. The lowest BCUT2D eigenvalue weighted by molar-refractivity contribution is -0.161. The third-order valence-corrected chi connectivity index (χ3v) is 3.82. The van der Waals surface area contributed by atoms with Crippen molar-refractivity contribution in [3.63, 3.8) is 0 Å². The SMILES string of the molecule is C[C@@]1(C(=O)O)Oc2ccccc2N(Cc2ccccc2F)C1=O. The summed E-state index contributed by atoms with van der Waals surface area (Å²) < 4.78 is 19.3. The fraction of sp³-hybridized carbons (Fsp3) is 0.176. The van der Waals surface area contributed by atoms with Crippen LogP contribution in [-0.2, 0) is 16.1 Å². The second kappa shape index (κ2) is 5.39. The topological polar surface area (TPSA) is 66.8 Å². The molecule has 23 heavy (non-hydrogen) atoms. The maximum absolute atomic E-state index is 13.9. The van der Waals surface area contributed by atoms with Crippen molar-refractivity contribution in [1.29, 1.82) is 0 Å². The van der Waals surface area contributed by atoms with Gasteiger partial charge < -0.3 is 14.7 Å². The molecule has 118 valence electrons. The van der Waals surface area contributed by atoms with Crippen LogP contribution in [0, 0.1) is 5.82 Å². The van der Waals surface area contributed by atoms with Gasteiger partial charge in [0.2, 0.25) is 0 Å². The highest BCUT2D eigenvalue weighted by Gasteiger charge is 2.51. The minimum Gasteiger partial charge on any atom is -0.478 e. The van der Waals surface area contributed by atoms with Crippen molar-refractivity contribution >= 4 is 17.6 Å². The number of nitrogens with zero attached hydrogens (tertiary/aromatic N) is 1. The van der Waals surface area contributed by atoms with Gasteiger partial charge in [-0.25, -0.2) is 9.18 Å². The van der Waals surface area contributed by atoms with E-state index in [0.29, 0.717) is 11.3 Å². The summed E-state index contributed by atoms with van der Waals surface area (Å²) in [6.07, 6.45) is 0. The Labute approximate surface area is 131 Å². The van der Waals surface area contributed by atoms with E-state index in [1.165, 1.54) is 17.9 Å². The number of aliphatic carboxylic acids is 1. The van der Waals surface area contributed by atoms with Crippen LogP contribution in [0.25, 0.3) is 0 Å². The smallest absolute Gasteiger partial charge is 0.357 e. The van der Waals surface area contributed by atoms with Crippen molar-refractivity contribution in [1.82, 2.24) is 0 Å². The lowest BCUT2D eigenvalue weighted by Crippen LogP contribution is -2.58. The van der Waals surface area contributed by atoms with Gasteiger partial charge in [0.05, 0.1) is 12.2 Å². The van der Waals surface area contributed by atoms with Crippen molar-refractivity contribution in [3.05, 3.63) is 59.9 Å². The second-order valence-electron chi connectivity index (χ2n) is 5.39. The van der Waals surface area contributed by atoms with Crippen LogP contribution in [0.4, 0.5) is 10.1 Å². The highest BCUT2D eigenvalue weighted by molar-refractivity contribution is 6.14. The molecule has 1 aliphatic heterocycles. The van der Waals surface area contributed by atoms with Crippen LogP contribution < -0.4 is 9.64 Å². The molecule has 1 aliphatic rings. The maximum Gasteiger partial charge on any atom is 0.357 e. The van der Waals surface area contributed by atoms with Gasteiger partial charge in [-0.3, -0.25) is 4.79 Å². The second-order valence-corrected chi connectivity index (χ2v) is 5.39. The summed E-state index contributed by atoms with van der Waals surface area (Å²) in [4.78, 5) is 25.4. The monoisotopic (exact) mass is 315 g/mol. The van der Waals surface area contributed by atoms with Crippen LogP contribution in [-0.4, -0.2) is 22.6 Å². The van der Waals surface area contributed by atoms with Crippen LogP contribution in [0.5, 0.6) is 5.75 Å². The number of amides is 1. The van der Waals surface area contributed by atoms with Crippen LogP contribution >= 0.6 is 0 Å². The van der Waals surface area contributed by atoms with E-state index in [1.807, 2.05) is 0 Å². The van der Waals surface area contributed by atoms with Crippen molar-refractivity contribution < 1.29 is 23.8 Å². The predicted molar refractivity (Wildman–Crippen MR) is 80.7 cm³/mol. The van der Waals surface area contributed by atoms with Gasteiger partial charge >= 0.3 is 5.97 Å². The fourth-order valence-corrected chi connectivity index (χ4v) is 2.49. The summed E-state index contributed by atoms with van der Waals surface area (Å²) in [5.74, 6) is -2.32. The molecular formula is C17H14FNO4. The van der Waals surface area contributed by atoms with Gasteiger partial charge in [0, 0.05) is 5.56 Å². The summed E-state index contributed by atoms with van der Waals surface area (Å²) in [6, 6.07) is 12.7. The first-order valence-corrected chi connectivity index (χ1v) is 7.00. The Bertz CT molecular complexity index is 792. The van der Waals surface area contributed by atoms with Crippen LogP contribution in [0.2, 0.25) is 0 Å². The largest absolute Gasteiger partial charge is 0.478 e. The van der Waals surface area contributed by atoms with Gasteiger partial charge in [-0.15, -0.1) is 0 Å². The standard InChI is InChI=1S/C17H14FNO4/c1-17(16(21)22)15(20)19(10-11-6-2-3-7-12(11)18)13-8-4-5-9-14(13)23-17/h2-9H,10H2,1H3,(H,21,22)/t17-/m1/s1. The summed E-state index contributed by atoms with van der Waals surface area (Å²) in [7, 11) is 0. The average molecular weight is 315 g/mol. The van der Waals surface area contributed by atoms with Crippen molar-refractivity contribution in [2.24, 2.45) is 0 Å². The van der Waals surface area contributed by atoms with Gasteiger partial charge in [-0.05, 0) is 25.1 Å². The molecule has 1 amide bonds. The van der Waals surface area contributed by atoms with E-state index in [0.717, 1.165) is 0 Å². The van der Waals surface area contributed by atoms with Gasteiger partial charge in [0.25, 0.3) is 11.5 Å². The molecule has 0 radical (unpaired) electrons. The van der Waals surface area contributed by atoms with E-state index in [1.54, 1.807) is 42.5 Å². The molecule has 0 fully saturated rings. The quantitative estimate of drug-likeness (QED) is 0.884. The zero-order valence-electron chi connectivity index (χ0n) is 12.3. The van der Waals surface area contributed by atoms with Gasteiger partial charge in [-0.2, -0.15) is 0 Å². The predicted octanol–water partition coefficient (Wildman–Crippen LogP) is 2.59. The van der Waals surface area contributed by atoms with Crippen molar-refractivity contribution in [2.45, 2.75) is 19.1 Å². The number of carboxylic acids is 1. The molecule has 0 aliphatic carbocycles. The Kier molecular flexibility index (Phi) is 3.52. The number of ether oxygens (including phenoxy) is 1. The molecule has 5 nitrogen and oxygen atoms in total. The number of hydrogen-bond acceptors (Lipinski definition) is 3. The van der Waals surface area contributed by atoms with E-state index in [-0.39, 0.29) is 12.3 Å². The number of para-hydroxylation sites is 2. The van der Waals surface area contributed by atoms with Gasteiger partial charge in [0.15, 0.2) is 0 Å². The van der Waals surface area contributed by atoms with Crippen LogP contribution in [0.15, 0.2) is 48.5 Å². The highest BCUT2D eigenvalue weighted by Crippen LogP contribution is 2.38. The molecule has 3 rings (SSSR count). The van der Waals surface area contributed by atoms with Crippen LogP contribution in [0.3, 0.4) is 0 Å². The van der Waals surface area contributed by atoms with Crippen LogP contribution in [0.1, 0.15) is 12.5 Å². The number of carbonyl (C=O) groups is 2. The third-order valence-electron chi connectivity index (χ3n) is 3.82. The molecular weight excluding hydrogens is 301 g/mol. The molecule has 2 aromatic carbocycles. The molecule has 0 saturated heterocycles. The average Bonchev–Trinajstić information content (AvgIpc) is 2.53. The first-order chi connectivity index (χ1) is 10.9. The van der Waals surface area contributed by atoms with E-state index >= 15 is 0 Å². The normalized spacial score (nSPS) is 19.9. The zero-order valence-corrected chi connectivity index (χ0v) is 12.3. The summed E-state index contributed by atoms with van der Waals surface area (Å²) in [5.41, 5.74) is -1.33. The molecule has 1 heterocycles. The first-order valence-electron chi connectivity index (χ1n) is 7.00. The fourth-order valence-electron chi connectivity index (χ4n) is 2.49. The Hall–Kier alpha value is -2.89. The van der Waals surface area contributed by atoms with Gasteiger partial charge in [-0.1, -0.05) is 30.3 Å². The molecule has 0 bridgehead atoms. The molecule has 0 unspecified atom stereocenters. The van der Waals surface area contributed by atoms with E-state index in [9.17, 15) is 19.1 Å². The molecule has 0 saturated carbocycles. The minimum absolute atomic E-state index is 0.0747. The third kappa shape index (κ3) is 2.42. The summed E-state index contributed by atoms with van der Waals surface area (Å²) in [6.45, 7) is 1.12. The van der Waals surface area contributed by atoms with Gasteiger partial charge in [0.1, 0.15) is 11.6 Å². The number of anilines is 1. The zero-order chi connectivity index (χ0) is 16.6. The lowest BCUT2D eigenvalue weighted by Gasteiger charge is -2.38. The molecule has 0 aromatic heterocycles. The lowest BCUT2D eigenvalue weighted by atomic mass is 10.0. The molecule has 1 atom stereocenters. The number of carbonyl (C=O) groups excluding carboxylic acids is 1. The minimum atomic E-state index is -2.04. The maximum atomic E-state index is 13.9. The number of rotatable bonds is 3. The molecule has 1 N–H and O–H groups in total. The Morgan fingerprint density at radius 2 is 1.87 bits per heavy atom. The number of fused-ring (bicyclic) bond motifs is 1.